The summed E-state index contributed by atoms with van der Waals surface area (Å²) < 4.78 is 16.8. The fourth-order valence-electron chi connectivity index (χ4n) is 8.97. The number of carbonyl (C=O) groups is 3. The Balaban J connectivity index is 4.46. The third kappa shape index (κ3) is 66.0. The van der Waals surface area contributed by atoms with Crippen LogP contribution >= 0.6 is 0 Å². The summed E-state index contributed by atoms with van der Waals surface area (Å²) in [7, 11) is 0. The third-order valence-electron chi connectivity index (χ3n) is 13.9. The summed E-state index contributed by atoms with van der Waals surface area (Å²) in [5.74, 6) is -1.07. The Morgan fingerprint density at radius 3 is 0.864 bits per heavy atom. The van der Waals surface area contributed by atoms with Crippen LogP contribution in [0.3, 0.4) is 0 Å². The zero-order valence-electron chi connectivity index (χ0n) is 52.5. The molecule has 0 bridgehead atoms. The van der Waals surface area contributed by atoms with Gasteiger partial charge in [0.2, 0.25) is 0 Å². The molecule has 0 N–H and O–H groups in total. The number of hydrogen-bond acceptors (Lipinski definition) is 6. The molecule has 1 atom stereocenters. The predicted molar refractivity (Wildman–Crippen MR) is 352 cm³/mol. The molecule has 0 spiro atoms. The quantitative estimate of drug-likeness (QED) is 0.0261. The van der Waals surface area contributed by atoms with E-state index in [1.165, 1.54) is 116 Å². The highest BCUT2D eigenvalue weighted by molar-refractivity contribution is 5.72. The molecular weight excluding hydrogens is 997 g/mol. The Bertz CT molecular complexity index is 1760. The average Bonchev–Trinajstić information content (AvgIpc) is 3.47. The van der Waals surface area contributed by atoms with E-state index < -0.39 is 12.1 Å². The molecule has 0 amide bonds. The van der Waals surface area contributed by atoms with Crippen LogP contribution in [0.15, 0.2) is 146 Å². The Labute approximate surface area is 499 Å². The van der Waals surface area contributed by atoms with Crippen molar-refractivity contribution in [2.45, 2.75) is 297 Å². The van der Waals surface area contributed by atoms with E-state index in [9.17, 15) is 14.4 Å². The Morgan fingerprint density at radius 1 is 0.272 bits per heavy atom. The Morgan fingerprint density at radius 2 is 0.531 bits per heavy atom. The van der Waals surface area contributed by atoms with Gasteiger partial charge in [-0.05, 0) is 103 Å². The van der Waals surface area contributed by atoms with Crippen LogP contribution in [0.5, 0.6) is 0 Å². The van der Waals surface area contributed by atoms with Gasteiger partial charge in [0, 0.05) is 12.8 Å². The van der Waals surface area contributed by atoms with E-state index in [1.807, 2.05) is 6.08 Å². The van der Waals surface area contributed by atoms with E-state index in [1.54, 1.807) is 6.08 Å². The number of esters is 3. The fraction of sp³-hybridized carbons (Fsp3) is 0.640. The van der Waals surface area contributed by atoms with Gasteiger partial charge in [-0.25, -0.2) is 0 Å². The lowest BCUT2D eigenvalue weighted by Gasteiger charge is -2.18. The van der Waals surface area contributed by atoms with Gasteiger partial charge in [-0.3, -0.25) is 14.4 Å². The second-order valence-electron chi connectivity index (χ2n) is 21.6. The fourth-order valence-corrected chi connectivity index (χ4v) is 8.97. The van der Waals surface area contributed by atoms with Gasteiger partial charge in [0.05, 0.1) is 6.42 Å². The molecule has 0 saturated carbocycles. The van der Waals surface area contributed by atoms with Crippen molar-refractivity contribution in [3.8, 4) is 0 Å². The average molecular weight is 1120 g/mol. The van der Waals surface area contributed by atoms with Gasteiger partial charge in [-0.2, -0.15) is 0 Å². The summed E-state index contributed by atoms with van der Waals surface area (Å²) in [5, 5.41) is 0. The molecule has 0 aromatic heterocycles. The molecule has 0 saturated heterocycles. The van der Waals surface area contributed by atoms with Crippen LogP contribution in [-0.2, 0) is 28.6 Å². The van der Waals surface area contributed by atoms with Crippen molar-refractivity contribution in [3.63, 3.8) is 0 Å². The molecule has 0 aliphatic heterocycles. The summed E-state index contributed by atoms with van der Waals surface area (Å²) in [5.41, 5.74) is 0. The summed E-state index contributed by atoms with van der Waals surface area (Å²) in [6.07, 6.45) is 97.4. The number of carbonyl (C=O) groups excluding carboxylic acids is 3. The van der Waals surface area contributed by atoms with E-state index in [2.05, 4.69) is 154 Å². The Kier molecular flexibility index (Phi) is 63.9. The molecule has 6 nitrogen and oxygen atoms in total. The van der Waals surface area contributed by atoms with Gasteiger partial charge in [0.1, 0.15) is 13.2 Å². The minimum absolute atomic E-state index is 0.119. The maximum atomic E-state index is 12.9. The first-order chi connectivity index (χ1) is 40.0. The van der Waals surface area contributed by atoms with E-state index >= 15 is 0 Å². The summed E-state index contributed by atoms with van der Waals surface area (Å²) in [6.45, 7) is 6.33. The normalized spacial score (nSPS) is 13.1. The largest absolute Gasteiger partial charge is 0.462 e. The van der Waals surface area contributed by atoms with Crippen LogP contribution in [0.4, 0.5) is 0 Å². The summed E-state index contributed by atoms with van der Waals surface area (Å²) >= 11 is 0. The molecule has 0 rings (SSSR count). The smallest absolute Gasteiger partial charge is 0.309 e. The van der Waals surface area contributed by atoms with E-state index in [4.69, 9.17) is 14.2 Å². The van der Waals surface area contributed by atoms with Crippen molar-refractivity contribution in [2.24, 2.45) is 0 Å². The molecule has 458 valence electrons. The van der Waals surface area contributed by atoms with Crippen LogP contribution in [0.25, 0.3) is 0 Å². The third-order valence-corrected chi connectivity index (χ3v) is 13.9. The number of allylic oxidation sites excluding steroid dienone is 23. The lowest BCUT2D eigenvalue weighted by atomic mass is 10.0. The number of rotatable bonds is 59. The molecule has 1 unspecified atom stereocenters. The van der Waals surface area contributed by atoms with Gasteiger partial charge in [0.25, 0.3) is 0 Å². The van der Waals surface area contributed by atoms with Crippen molar-refractivity contribution in [2.75, 3.05) is 13.2 Å². The SMILES string of the molecule is CC/C=C\C/C=C\C/C=C\C/C=C\C/C=C\C/C=C\C/C=C\CCCCCCCC(=O)OCC(COC(=O)C/C=C\C/C=C\C/C=C\C/C=C\C/C=C\CC)OC(=O)CCCCCCCCCCCCCCCCCCCCCCC. The highest BCUT2D eigenvalue weighted by Crippen LogP contribution is 2.16. The zero-order chi connectivity index (χ0) is 58.5. The molecule has 0 aromatic carbocycles. The molecular formula is C75H122O6. The molecule has 6 heteroatoms. The van der Waals surface area contributed by atoms with Crippen LogP contribution in [0.1, 0.15) is 290 Å². The molecule has 0 fully saturated rings. The van der Waals surface area contributed by atoms with Crippen LogP contribution < -0.4 is 0 Å². The minimum Gasteiger partial charge on any atom is -0.462 e. The summed E-state index contributed by atoms with van der Waals surface area (Å²) in [6, 6.07) is 0. The highest BCUT2D eigenvalue weighted by Gasteiger charge is 2.19. The van der Waals surface area contributed by atoms with Crippen molar-refractivity contribution >= 4 is 17.9 Å². The van der Waals surface area contributed by atoms with E-state index in [-0.39, 0.29) is 31.6 Å². The number of hydrogen-bond donors (Lipinski definition) is 0. The van der Waals surface area contributed by atoms with Crippen molar-refractivity contribution in [1.29, 1.82) is 0 Å². The van der Waals surface area contributed by atoms with E-state index in [0.29, 0.717) is 12.8 Å². The predicted octanol–water partition coefficient (Wildman–Crippen LogP) is 23.1. The van der Waals surface area contributed by atoms with Crippen LogP contribution in [0, 0.1) is 0 Å². The van der Waals surface area contributed by atoms with Gasteiger partial charge >= 0.3 is 17.9 Å². The first kappa shape index (κ1) is 76.3. The van der Waals surface area contributed by atoms with Gasteiger partial charge in [-0.15, -0.1) is 0 Å². The first-order valence-electron chi connectivity index (χ1n) is 33.3. The van der Waals surface area contributed by atoms with Crippen molar-refractivity contribution in [1.82, 2.24) is 0 Å². The maximum absolute atomic E-state index is 12.9. The summed E-state index contributed by atoms with van der Waals surface area (Å²) in [4.78, 5) is 38.3. The maximum Gasteiger partial charge on any atom is 0.309 e. The van der Waals surface area contributed by atoms with Crippen LogP contribution in [-0.4, -0.2) is 37.2 Å². The number of unbranched alkanes of at least 4 members (excludes halogenated alkanes) is 25. The van der Waals surface area contributed by atoms with E-state index in [0.717, 1.165) is 135 Å². The first-order valence-corrected chi connectivity index (χ1v) is 33.3. The minimum atomic E-state index is -0.832. The van der Waals surface area contributed by atoms with Gasteiger partial charge in [-0.1, -0.05) is 314 Å². The molecule has 0 heterocycles. The monoisotopic (exact) mass is 1120 g/mol. The number of ether oxygens (including phenoxy) is 3. The molecule has 0 radical (unpaired) electrons. The second kappa shape index (κ2) is 67.8. The second-order valence-corrected chi connectivity index (χ2v) is 21.6. The van der Waals surface area contributed by atoms with Crippen molar-refractivity contribution < 1.29 is 28.6 Å². The molecule has 81 heavy (non-hydrogen) atoms. The van der Waals surface area contributed by atoms with Gasteiger partial charge in [0.15, 0.2) is 6.10 Å². The Hall–Kier alpha value is -4.71. The molecule has 0 aromatic rings. The highest BCUT2D eigenvalue weighted by atomic mass is 16.6. The van der Waals surface area contributed by atoms with Gasteiger partial charge < -0.3 is 14.2 Å². The zero-order valence-corrected chi connectivity index (χ0v) is 52.5. The topological polar surface area (TPSA) is 78.9 Å². The van der Waals surface area contributed by atoms with Crippen LogP contribution in [0.2, 0.25) is 0 Å². The van der Waals surface area contributed by atoms with Crippen molar-refractivity contribution in [3.05, 3.63) is 146 Å². The lowest BCUT2D eigenvalue weighted by Crippen LogP contribution is -2.30. The lowest BCUT2D eigenvalue weighted by molar-refractivity contribution is -0.166. The standard InChI is InChI=1S/C75H122O6/c1-4-7-10-13-16-19-22-25-28-30-32-34-35-36-37-38-39-41-42-44-47-50-53-56-59-62-65-68-74(77)80-71-72(70-79-73(76)67-64-61-58-55-52-49-46-27-24-21-18-15-12-9-6-3)81-75(78)69-66-63-60-57-54-51-48-45-43-40-33-31-29-26-23-20-17-14-11-8-5-2/h7,9-10,12,16,18-19,21,25,27-28,32,34,36-37,39,41,44,46-47,52,55,61,64,72H,4-6,8,11,13-15,17,20,22-24,26,29-31,33,35,38,40,42-43,45,48-51,53-54,56-60,62-63,65-71H2,1-3H3/b10-7-,12-9-,19-16-,21-18-,28-25-,34-32-,37-36-,41-39-,46-27-,47-44-,55-52-,64-61-. The molecule has 0 aliphatic rings. The molecule has 0 aliphatic carbocycles.